The van der Waals surface area contributed by atoms with Crippen LogP contribution in [0.25, 0.3) is 0 Å². The molecule has 0 atom stereocenters. The SMILES string of the molecule is C.C.Cc1cnc(C)[nH]1.[B]. The summed E-state index contributed by atoms with van der Waals surface area (Å²) in [6.07, 6.45) is 1.81. The zero-order chi connectivity index (χ0) is 5.28. The van der Waals surface area contributed by atoms with Crippen molar-refractivity contribution in [2.24, 2.45) is 0 Å². The van der Waals surface area contributed by atoms with Gasteiger partial charge in [-0.05, 0) is 13.8 Å². The monoisotopic (exact) mass is 139 g/mol. The van der Waals surface area contributed by atoms with Gasteiger partial charge in [0.2, 0.25) is 0 Å². The fourth-order valence-corrected chi connectivity index (χ4v) is 0.544. The lowest BCUT2D eigenvalue weighted by atomic mass is 10.6. The Labute approximate surface area is 65.7 Å². The fraction of sp³-hybridized carbons (Fsp3) is 0.571. The summed E-state index contributed by atoms with van der Waals surface area (Å²) < 4.78 is 0. The molecule has 2 nitrogen and oxygen atoms in total. The molecule has 0 aromatic carbocycles. The highest BCUT2D eigenvalue weighted by Crippen LogP contribution is 1.89. The highest BCUT2D eigenvalue weighted by molar-refractivity contribution is 5.75. The number of nitrogens with one attached hydrogen (secondary N) is 1. The van der Waals surface area contributed by atoms with Crippen molar-refractivity contribution >= 4 is 8.41 Å². The van der Waals surface area contributed by atoms with Gasteiger partial charge in [0.05, 0.1) is 0 Å². The molecule has 0 spiro atoms. The molecule has 0 aliphatic rings. The minimum atomic E-state index is 0. The van der Waals surface area contributed by atoms with Gasteiger partial charge in [-0.15, -0.1) is 0 Å². The first kappa shape index (κ1) is 16.1. The summed E-state index contributed by atoms with van der Waals surface area (Å²) in [5, 5.41) is 0. The molecule has 3 heteroatoms. The molecule has 1 N–H and O–H groups in total. The van der Waals surface area contributed by atoms with Crippen molar-refractivity contribution in [3.05, 3.63) is 17.7 Å². The van der Waals surface area contributed by atoms with Crippen LogP contribution in [0.4, 0.5) is 0 Å². The summed E-state index contributed by atoms with van der Waals surface area (Å²) in [6.45, 7) is 3.92. The predicted octanol–water partition coefficient (Wildman–Crippen LogP) is 1.92. The molecular weight excluding hydrogens is 123 g/mol. The van der Waals surface area contributed by atoms with Gasteiger partial charge in [0, 0.05) is 20.3 Å². The van der Waals surface area contributed by atoms with Crippen molar-refractivity contribution in [2.75, 3.05) is 0 Å². The van der Waals surface area contributed by atoms with Gasteiger partial charge >= 0.3 is 0 Å². The number of aryl methyl sites for hydroxylation is 2. The van der Waals surface area contributed by atoms with Gasteiger partial charge in [-0.25, -0.2) is 4.98 Å². The normalized spacial score (nSPS) is 6.60. The van der Waals surface area contributed by atoms with Crippen LogP contribution in [0.2, 0.25) is 0 Å². The fourth-order valence-electron chi connectivity index (χ4n) is 0.544. The molecule has 1 rings (SSSR count). The van der Waals surface area contributed by atoms with E-state index >= 15 is 0 Å². The van der Waals surface area contributed by atoms with Crippen molar-refractivity contribution in [3.63, 3.8) is 0 Å². The van der Waals surface area contributed by atoms with Crippen LogP contribution in [0.5, 0.6) is 0 Å². The van der Waals surface area contributed by atoms with Gasteiger partial charge in [0.25, 0.3) is 0 Å². The highest BCUT2D eigenvalue weighted by atomic mass is 14.9. The Morgan fingerprint density at radius 2 is 1.80 bits per heavy atom. The third kappa shape index (κ3) is 4.18. The van der Waals surface area contributed by atoms with Crippen LogP contribution in [0, 0.1) is 13.8 Å². The summed E-state index contributed by atoms with van der Waals surface area (Å²) in [6, 6.07) is 0. The third-order valence-electron chi connectivity index (χ3n) is 0.830. The second-order valence-corrected chi connectivity index (χ2v) is 1.65. The van der Waals surface area contributed by atoms with E-state index in [1.54, 1.807) is 0 Å². The van der Waals surface area contributed by atoms with E-state index in [0.717, 1.165) is 11.5 Å². The van der Waals surface area contributed by atoms with Crippen LogP contribution in [0.15, 0.2) is 6.20 Å². The Balaban J connectivity index is -0.000000163. The summed E-state index contributed by atoms with van der Waals surface area (Å²) in [5.41, 5.74) is 1.12. The second kappa shape index (κ2) is 6.40. The molecule has 0 amide bonds. The molecule has 1 aromatic heterocycles. The van der Waals surface area contributed by atoms with E-state index < -0.39 is 0 Å². The average molecular weight is 139 g/mol. The molecule has 10 heavy (non-hydrogen) atoms. The largest absolute Gasteiger partial charge is 0.346 e. The molecule has 1 heterocycles. The predicted molar refractivity (Wildman–Crippen MR) is 47.3 cm³/mol. The number of rotatable bonds is 0. The molecule has 3 radical (unpaired) electrons. The zero-order valence-electron chi connectivity index (χ0n) is 5.10. The van der Waals surface area contributed by atoms with Gasteiger partial charge < -0.3 is 4.98 Å². The standard InChI is InChI=1S/C5H8N2.2CH4.B/c1-4-3-6-5(2)7-4;;;/h3H,1-2H3,(H,6,7);2*1H4;. The maximum Gasteiger partial charge on any atom is 0.103 e. The molecule has 0 fully saturated rings. The average Bonchev–Trinajstić information content (AvgIpc) is 1.87. The zero-order valence-corrected chi connectivity index (χ0v) is 5.10. The Morgan fingerprint density at radius 1 is 1.30 bits per heavy atom. The Kier molecular flexibility index (Phi) is 10.3. The number of aromatic nitrogens is 2. The molecule has 0 saturated heterocycles. The lowest BCUT2D eigenvalue weighted by Gasteiger charge is -1.74. The molecular formula is C7H16BN2. The smallest absolute Gasteiger partial charge is 0.103 e. The molecule has 0 aliphatic carbocycles. The first-order chi connectivity index (χ1) is 3.29. The van der Waals surface area contributed by atoms with E-state index in [1.165, 1.54) is 0 Å². The van der Waals surface area contributed by atoms with Gasteiger partial charge in [0.15, 0.2) is 0 Å². The third-order valence-corrected chi connectivity index (χ3v) is 0.830. The van der Waals surface area contributed by atoms with Crippen molar-refractivity contribution < 1.29 is 0 Å². The van der Waals surface area contributed by atoms with Crippen LogP contribution < -0.4 is 0 Å². The van der Waals surface area contributed by atoms with Gasteiger partial charge in [-0.2, -0.15) is 0 Å². The maximum absolute atomic E-state index is 3.96. The molecule has 57 valence electrons. The number of H-pyrrole nitrogens is 1. The summed E-state index contributed by atoms with van der Waals surface area (Å²) in [4.78, 5) is 6.99. The quantitative estimate of drug-likeness (QED) is 0.546. The minimum absolute atomic E-state index is 0. The lowest BCUT2D eigenvalue weighted by molar-refractivity contribution is 1.13. The van der Waals surface area contributed by atoms with Crippen molar-refractivity contribution in [3.8, 4) is 0 Å². The van der Waals surface area contributed by atoms with E-state index in [2.05, 4.69) is 9.97 Å². The first-order valence-electron chi connectivity index (χ1n) is 2.27. The lowest BCUT2D eigenvalue weighted by Crippen LogP contribution is -1.70. The van der Waals surface area contributed by atoms with E-state index in [9.17, 15) is 0 Å². The second-order valence-electron chi connectivity index (χ2n) is 1.65. The number of nitrogens with zero attached hydrogens (tertiary/aromatic N) is 1. The number of hydrogen-bond donors (Lipinski definition) is 1. The van der Waals surface area contributed by atoms with E-state index in [4.69, 9.17) is 0 Å². The molecule has 0 saturated carbocycles. The Morgan fingerprint density at radius 3 is 1.90 bits per heavy atom. The van der Waals surface area contributed by atoms with Crippen molar-refractivity contribution in [2.45, 2.75) is 28.7 Å². The summed E-state index contributed by atoms with van der Waals surface area (Å²) >= 11 is 0. The number of hydrogen-bond acceptors (Lipinski definition) is 1. The van der Waals surface area contributed by atoms with Gasteiger partial charge in [0.1, 0.15) is 5.82 Å². The molecule has 1 aromatic rings. The first-order valence-corrected chi connectivity index (χ1v) is 2.27. The molecule has 0 aliphatic heterocycles. The van der Waals surface area contributed by atoms with Crippen LogP contribution >= 0.6 is 0 Å². The topological polar surface area (TPSA) is 28.7 Å². The molecule has 0 bridgehead atoms. The molecule has 0 unspecified atom stereocenters. The maximum atomic E-state index is 3.96. The minimum Gasteiger partial charge on any atom is -0.346 e. The van der Waals surface area contributed by atoms with Crippen LogP contribution in [-0.4, -0.2) is 18.4 Å². The van der Waals surface area contributed by atoms with Crippen LogP contribution in [0.3, 0.4) is 0 Å². The summed E-state index contributed by atoms with van der Waals surface area (Å²) in [5.74, 6) is 0.984. The van der Waals surface area contributed by atoms with Crippen LogP contribution in [-0.2, 0) is 0 Å². The number of imidazole rings is 1. The Bertz CT molecular complexity index is 144. The van der Waals surface area contributed by atoms with E-state index in [-0.39, 0.29) is 23.3 Å². The van der Waals surface area contributed by atoms with E-state index in [0.29, 0.717) is 0 Å². The Hall–Kier alpha value is -0.725. The van der Waals surface area contributed by atoms with Gasteiger partial charge in [-0.1, -0.05) is 14.9 Å². The van der Waals surface area contributed by atoms with Crippen molar-refractivity contribution in [1.29, 1.82) is 0 Å². The van der Waals surface area contributed by atoms with Gasteiger partial charge in [-0.3, -0.25) is 0 Å². The van der Waals surface area contributed by atoms with E-state index in [1.807, 2.05) is 20.0 Å². The summed E-state index contributed by atoms with van der Waals surface area (Å²) in [7, 11) is 0. The highest BCUT2D eigenvalue weighted by Gasteiger charge is 1.83. The van der Waals surface area contributed by atoms with Crippen LogP contribution in [0.1, 0.15) is 26.4 Å². The number of aromatic amines is 1. The van der Waals surface area contributed by atoms with Crippen molar-refractivity contribution in [1.82, 2.24) is 9.97 Å².